The summed E-state index contributed by atoms with van der Waals surface area (Å²) in [6.45, 7) is 2.95. The number of benzene rings is 1. The van der Waals surface area contributed by atoms with Crippen LogP contribution in [0.2, 0.25) is 0 Å². The molecule has 4 nitrogen and oxygen atoms in total. The van der Waals surface area contributed by atoms with Crippen molar-refractivity contribution in [3.63, 3.8) is 0 Å². The number of nitrogens with zero attached hydrogens (tertiary/aromatic N) is 1. The molecule has 0 saturated carbocycles. The monoisotopic (exact) mass is 233 g/mol. The Balaban J connectivity index is 2.25. The second-order valence-electron chi connectivity index (χ2n) is 3.99. The summed E-state index contributed by atoms with van der Waals surface area (Å²) in [4.78, 5) is 0. The predicted molar refractivity (Wildman–Crippen MR) is 61.8 cm³/mol. The fourth-order valence-corrected chi connectivity index (χ4v) is 1.86. The lowest BCUT2D eigenvalue weighted by molar-refractivity contribution is 0.130. The molecular weight excluding hydrogens is 218 g/mol. The Kier molecular flexibility index (Phi) is 3.50. The Hall–Kier alpha value is -1.73. The Morgan fingerprint density at radius 2 is 2.06 bits per heavy atom. The number of aliphatic hydroxyl groups excluding tert-OH is 1. The molecule has 4 heteroatoms. The van der Waals surface area contributed by atoms with E-state index in [1.165, 1.54) is 0 Å². The summed E-state index contributed by atoms with van der Waals surface area (Å²) in [7, 11) is 0. The lowest BCUT2D eigenvalue weighted by atomic mass is 9.94. The van der Waals surface area contributed by atoms with Crippen LogP contribution in [-0.2, 0) is 0 Å². The summed E-state index contributed by atoms with van der Waals surface area (Å²) in [6.07, 6.45) is -0.160. The molecule has 1 aliphatic heterocycles. The van der Waals surface area contributed by atoms with Crippen molar-refractivity contribution in [1.29, 1.82) is 5.26 Å². The van der Waals surface area contributed by atoms with Crippen molar-refractivity contribution in [2.45, 2.75) is 19.4 Å². The van der Waals surface area contributed by atoms with Crippen LogP contribution in [0.15, 0.2) is 18.2 Å². The van der Waals surface area contributed by atoms with Crippen LogP contribution in [0, 0.1) is 17.2 Å². The standard InChI is InChI=1S/C13H15NO3/c1-2-9(8-14)13(15)10-3-4-11-12(7-10)17-6-5-16-11/h3-4,7,9,13,15H,2,5-6H2,1H3. The number of rotatable bonds is 3. The van der Waals surface area contributed by atoms with Crippen LogP contribution in [-0.4, -0.2) is 18.3 Å². The van der Waals surface area contributed by atoms with Crippen molar-refractivity contribution in [2.24, 2.45) is 5.92 Å². The minimum absolute atomic E-state index is 0.391. The largest absolute Gasteiger partial charge is 0.486 e. The van der Waals surface area contributed by atoms with Crippen LogP contribution in [0.1, 0.15) is 25.0 Å². The second-order valence-corrected chi connectivity index (χ2v) is 3.99. The molecule has 90 valence electrons. The van der Waals surface area contributed by atoms with Crippen LogP contribution < -0.4 is 9.47 Å². The maximum absolute atomic E-state index is 10.1. The molecule has 1 heterocycles. The van der Waals surface area contributed by atoms with Crippen molar-refractivity contribution in [3.05, 3.63) is 23.8 Å². The van der Waals surface area contributed by atoms with Crippen LogP contribution in [0.4, 0.5) is 0 Å². The van der Waals surface area contributed by atoms with Gasteiger partial charge in [-0.05, 0) is 24.1 Å². The Labute approximate surface area is 100 Å². The normalized spacial score (nSPS) is 17.0. The number of aliphatic hydroxyl groups is 1. The Bertz CT molecular complexity index is 439. The quantitative estimate of drug-likeness (QED) is 0.867. The van der Waals surface area contributed by atoms with Crippen LogP contribution in [0.5, 0.6) is 11.5 Å². The van der Waals surface area contributed by atoms with Crippen LogP contribution >= 0.6 is 0 Å². The average molecular weight is 233 g/mol. The molecule has 1 aromatic carbocycles. The van der Waals surface area contributed by atoms with E-state index in [0.29, 0.717) is 36.7 Å². The van der Waals surface area contributed by atoms with Gasteiger partial charge in [0.1, 0.15) is 13.2 Å². The van der Waals surface area contributed by atoms with Gasteiger partial charge in [-0.15, -0.1) is 0 Å². The lowest BCUT2D eigenvalue weighted by Crippen LogP contribution is -2.16. The smallest absolute Gasteiger partial charge is 0.161 e. The van der Waals surface area contributed by atoms with E-state index >= 15 is 0 Å². The van der Waals surface area contributed by atoms with Crippen LogP contribution in [0.3, 0.4) is 0 Å². The molecule has 2 atom stereocenters. The molecule has 0 aliphatic carbocycles. The molecule has 1 aromatic rings. The highest BCUT2D eigenvalue weighted by atomic mass is 16.6. The summed E-state index contributed by atoms with van der Waals surface area (Å²) in [6, 6.07) is 7.41. The van der Waals surface area contributed by atoms with Gasteiger partial charge in [0.25, 0.3) is 0 Å². The molecule has 1 aliphatic rings. The number of hydrogen-bond donors (Lipinski definition) is 1. The fraction of sp³-hybridized carbons (Fsp3) is 0.462. The molecule has 0 saturated heterocycles. The lowest BCUT2D eigenvalue weighted by Gasteiger charge is -2.21. The molecular formula is C13H15NO3. The van der Waals surface area contributed by atoms with E-state index in [9.17, 15) is 5.11 Å². The van der Waals surface area contributed by atoms with Gasteiger partial charge in [-0.1, -0.05) is 13.0 Å². The summed E-state index contributed by atoms with van der Waals surface area (Å²) in [5, 5.41) is 19.0. The number of ether oxygens (including phenoxy) is 2. The van der Waals surface area contributed by atoms with Crippen molar-refractivity contribution < 1.29 is 14.6 Å². The molecule has 0 spiro atoms. The van der Waals surface area contributed by atoms with Gasteiger partial charge in [0.15, 0.2) is 11.5 Å². The van der Waals surface area contributed by atoms with E-state index in [4.69, 9.17) is 14.7 Å². The van der Waals surface area contributed by atoms with Crippen molar-refractivity contribution in [3.8, 4) is 17.6 Å². The number of fused-ring (bicyclic) bond motifs is 1. The van der Waals surface area contributed by atoms with Crippen molar-refractivity contribution >= 4 is 0 Å². The first kappa shape index (κ1) is 11.7. The van der Waals surface area contributed by atoms with Gasteiger partial charge in [0.2, 0.25) is 0 Å². The maximum atomic E-state index is 10.1. The van der Waals surface area contributed by atoms with E-state index in [0.717, 1.165) is 0 Å². The van der Waals surface area contributed by atoms with Gasteiger partial charge in [-0.25, -0.2) is 0 Å². The third kappa shape index (κ3) is 2.34. The Morgan fingerprint density at radius 1 is 1.35 bits per heavy atom. The van der Waals surface area contributed by atoms with Gasteiger partial charge in [0.05, 0.1) is 18.1 Å². The summed E-state index contributed by atoms with van der Waals surface area (Å²) >= 11 is 0. The molecule has 0 fully saturated rings. The highest BCUT2D eigenvalue weighted by Gasteiger charge is 2.21. The first-order valence-corrected chi connectivity index (χ1v) is 5.73. The van der Waals surface area contributed by atoms with Crippen molar-refractivity contribution in [2.75, 3.05) is 13.2 Å². The third-order valence-corrected chi connectivity index (χ3v) is 2.89. The molecule has 1 N–H and O–H groups in total. The van der Waals surface area contributed by atoms with Gasteiger partial charge < -0.3 is 14.6 Å². The summed E-state index contributed by atoms with van der Waals surface area (Å²) in [5.41, 5.74) is 0.697. The molecule has 2 rings (SSSR count). The molecule has 0 amide bonds. The molecule has 0 radical (unpaired) electrons. The van der Waals surface area contributed by atoms with Gasteiger partial charge in [0, 0.05) is 0 Å². The van der Waals surface area contributed by atoms with Crippen LogP contribution in [0.25, 0.3) is 0 Å². The topological polar surface area (TPSA) is 62.5 Å². The minimum Gasteiger partial charge on any atom is -0.486 e. The van der Waals surface area contributed by atoms with E-state index in [1.54, 1.807) is 18.2 Å². The average Bonchev–Trinajstić information content (AvgIpc) is 2.39. The number of hydrogen-bond acceptors (Lipinski definition) is 4. The molecule has 0 bridgehead atoms. The minimum atomic E-state index is -0.777. The summed E-state index contributed by atoms with van der Waals surface area (Å²) in [5.74, 6) is 0.940. The zero-order valence-corrected chi connectivity index (χ0v) is 9.72. The number of nitriles is 1. The van der Waals surface area contributed by atoms with Gasteiger partial charge in [-0.3, -0.25) is 0 Å². The molecule has 2 unspecified atom stereocenters. The van der Waals surface area contributed by atoms with E-state index in [2.05, 4.69) is 6.07 Å². The van der Waals surface area contributed by atoms with E-state index in [-0.39, 0.29) is 0 Å². The predicted octanol–water partition coefficient (Wildman–Crippen LogP) is 2.04. The molecule has 17 heavy (non-hydrogen) atoms. The highest BCUT2D eigenvalue weighted by Crippen LogP contribution is 2.34. The Morgan fingerprint density at radius 3 is 2.71 bits per heavy atom. The van der Waals surface area contributed by atoms with E-state index in [1.807, 2.05) is 6.92 Å². The molecule has 0 aromatic heterocycles. The first-order chi connectivity index (χ1) is 8.26. The van der Waals surface area contributed by atoms with Gasteiger partial charge in [-0.2, -0.15) is 5.26 Å². The van der Waals surface area contributed by atoms with Crippen molar-refractivity contribution in [1.82, 2.24) is 0 Å². The first-order valence-electron chi connectivity index (χ1n) is 5.73. The SMILES string of the molecule is CCC(C#N)C(O)c1ccc2c(c1)OCCO2. The zero-order valence-electron chi connectivity index (χ0n) is 9.72. The third-order valence-electron chi connectivity index (χ3n) is 2.89. The fourth-order valence-electron chi connectivity index (χ4n) is 1.86. The highest BCUT2D eigenvalue weighted by molar-refractivity contribution is 5.44. The maximum Gasteiger partial charge on any atom is 0.161 e. The zero-order chi connectivity index (χ0) is 12.3. The van der Waals surface area contributed by atoms with Gasteiger partial charge >= 0.3 is 0 Å². The van der Waals surface area contributed by atoms with E-state index < -0.39 is 12.0 Å². The summed E-state index contributed by atoms with van der Waals surface area (Å²) < 4.78 is 10.8. The second kappa shape index (κ2) is 5.07.